The molecule has 3 aromatic heterocycles. The van der Waals surface area contributed by atoms with Gasteiger partial charge in [0.2, 0.25) is 5.82 Å². The number of nitrogens with one attached hydrogen (secondary N) is 2. The smallest absolute Gasteiger partial charge is 0.267 e. The molecule has 0 aliphatic carbocycles. The monoisotopic (exact) mass is 472 g/mol. The molecule has 2 amide bonds. The average molecular weight is 472 g/mol. The van der Waals surface area contributed by atoms with Crippen LogP contribution in [-0.2, 0) is 6.54 Å². The molecule has 0 aliphatic rings. The van der Waals surface area contributed by atoms with Gasteiger partial charge in [0.15, 0.2) is 0 Å². The number of tetrazole rings is 2. The number of amides is 2. The van der Waals surface area contributed by atoms with Gasteiger partial charge in [-0.25, -0.2) is 0 Å². The summed E-state index contributed by atoms with van der Waals surface area (Å²) in [6, 6.07) is 18.2. The van der Waals surface area contributed by atoms with Crippen LogP contribution >= 0.6 is 11.3 Å². The fourth-order valence-corrected chi connectivity index (χ4v) is 3.88. The second-order valence-corrected chi connectivity index (χ2v) is 7.92. The lowest BCUT2D eigenvalue weighted by Crippen LogP contribution is -2.41. The molecule has 168 valence electrons. The fraction of sp³-hybridized carbons (Fsp3) is 0.0476. The van der Waals surface area contributed by atoms with Crippen molar-refractivity contribution in [2.75, 3.05) is 0 Å². The average Bonchev–Trinajstić information content (AvgIpc) is 3.65. The number of nitrogens with zero attached hydrogens (tertiary/aromatic N) is 8. The van der Waals surface area contributed by atoms with Gasteiger partial charge in [-0.2, -0.15) is 9.48 Å². The molecule has 5 rings (SSSR count). The molecule has 2 aromatic carbocycles. The Kier molecular flexibility index (Phi) is 5.82. The minimum atomic E-state index is -0.475. The second-order valence-electron chi connectivity index (χ2n) is 7.00. The van der Waals surface area contributed by atoms with Crippen LogP contribution in [0.4, 0.5) is 0 Å². The van der Waals surface area contributed by atoms with Gasteiger partial charge in [0.25, 0.3) is 11.8 Å². The summed E-state index contributed by atoms with van der Waals surface area (Å²) in [6.07, 6.45) is 1.39. The first-order valence-electron chi connectivity index (χ1n) is 10.0. The maximum Gasteiger partial charge on any atom is 0.281 e. The van der Waals surface area contributed by atoms with Crippen molar-refractivity contribution in [1.82, 2.24) is 51.3 Å². The first kappa shape index (κ1) is 21.1. The number of carbonyl (C=O) groups is 2. The third kappa shape index (κ3) is 4.54. The fourth-order valence-electron chi connectivity index (χ4n) is 3.10. The highest BCUT2D eigenvalue weighted by atomic mass is 32.1. The molecular weight excluding hydrogens is 456 g/mol. The molecule has 34 heavy (non-hydrogen) atoms. The lowest BCUT2D eigenvalue weighted by Gasteiger charge is -2.08. The first-order valence-corrected chi connectivity index (χ1v) is 10.9. The van der Waals surface area contributed by atoms with Gasteiger partial charge in [-0.1, -0.05) is 42.5 Å². The van der Waals surface area contributed by atoms with Crippen molar-refractivity contribution in [3.05, 3.63) is 88.4 Å². The molecule has 0 bridgehead atoms. The number of rotatable bonds is 6. The summed E-state index contributed by atoms with van der Waals surface area (Å²) in [7, 11) is 0. The van der Waals surface area contributed by atoms with Gasteiger partial charge >= 0.3 is 0 Å². The Morgan fingerprint density at radius 2 is 1.71 bits per heavy atom. The Hall–Kier alpha value is -4.78. The van der Waals surface area contributed by atoms with E-state index in [0.717, 1.165) is 11.1 Å². The van der Waals surface area contributed by atoms with Crippen molar-refractivity contribution >= 4 is 23.2 Å². The van der Waals surface area contributed by atoms with Crippen molar-refractivity contribution in [3.8, 4) is 17.1 Å². The van der Waals surface area contributed by atoms with Crippen LogP contribution in [0.2, 0.25) is 0 Å². The Balaban J connectivity index is 1.18. The van der Waals surface area contributed by atoms with Gasteiger partial charge in [0.1, 0.15) is 11.2 Å². The zero-order valence-electron chi connectivity index (χ0n) is 17.4. The molecule has 0 saturated heterocycles. The first-order chi connectivity index (χ1) is 16.7. The molecule has 0 spiro atoms. The minimum absolute atomic E-state index is 0.359. The van der Waals surface area contributed by atoms with Crippen LogP contribution in [0.1, 0.15) is 25.6 Å². The summed E-state index contributed by atoms with van der Waals surface area (Å²) >= 11 is 1.21. The number of aromatic nitrogens is 8. The van der Waals surface area contributed by atoms with E-state index < -0.39 is 11.8 Å². The van der Waals surface area contributed by atoms with Crippen LogP contribution in [0.15, 0.2) is 72.4 Å². The van der Waals surface area contributed by atoms with Crippen LogP contribution in [0.25, 0.3) is 17.1 Å². The quantitative estimate of drug-likeness (QED) is 0.354. The SMILES string of the molecule is O=C(NNC(=O)c1sccc1-n1cnnn1)c1ccc(Cn2nnc(-c3ccccc3)n2)cc1. The predicted octanol–water partition coefficient (Wildman–Crippen LogP) is 1.50. The molecule has 12 nitrogen and oxygen atoms in total. The van der Waals surface area contributed by atoms with Crippen LogP contribution < -0.4 is 10.9 Å². The van der Waals surface area contributed by atoms with Crippen molar-refractivity contribution < 1.29 is 9.59 Å². The van der Waals surface area contributed by atoms with Crippen molar-refractivity contribution in [3.63, 3.8) is 0 Å². The lowest BCUT2D eigenvalue weighted by atomic mass is 10.1. The zero-order chi connectivity index (χ0) is 23.3. The van der Waals surface area contributed by atoms with Gasteiger partial charge in [-0.05, 0) is 44.8 Å². The summed E-state index contributed by atoms with van der Waals surface area (Å²) in [5.41, 5.74) is 7.51. The van der Waals surface area contributed by atoms with E-state index in [9.17, 15) is 9.59 Å². The maximum absolute atomic E-state index is 12.5. The molecule has 13 heteroatoms. The highest BCUT2D eigenvalue weighted by Gasteiger charge is 2.16. The topological polar surface area (TPSA) is 145 Å². The molecular formula is C21H16N10O2S. The van der Waals surface area contributed by atoms with E-state index in [1.807, 2.05) is 30.3 Å². The van der Waals surface area contributed by atoms with E-state index in [1.54, 1.807) is 35.7 Å². The molecule has 0 radical (unpaired) electrons. The van der Waals surface area contributed by atoms with Crippen LogP contribution in [0.3, 0.4) is 0 Å². The van der Waals surface area contributed by atoms with E-state index in [4.69, 9.17) is 0 Å². The molecule has 0 aliphatic heterocycles. The second kappa shape index (κ2) is 9.38. The Morgan fingerprint density at radius 3 is 2.47 bits per heavy atom. The van der Waals surface area contributed by atoms with Crippen LogP contribution in [0, 0.1) is 0 Å². The predicted molar refractivity (Wildman–Crippen MR) is 121 cm³/mol. The van der Waals surface area contributed by atoms with Crippen LogP contribution in [-0.4, -0.2) is 52.2 Å². The van der Waals surface area contributed by atoms with E-state index >= 15 is 0 Å². The molecule has 0 atom stereocenters. The number of benzene rings is 2. The minimum Gasteiger partial charge on any atom is -0.267 e. The molecule has 2 N–H and O–H groups in total. The van der Waals surface area contributed by atoms with Crippen molar-refractivity contribution in [1.29, 1.82) is 0 Å². The highest BCUT2D eigenvalue weighted by molar-refractivity contribution is 7.12. The number of hydrazine groups is 1. The number of carbonyl (C=O) groups excluding carboxylic acids is 2. The standard InChI is InChI=1S/C21H16N10O2S/c32-20(24-25-21(33)18-17(10-11-34-18)30-13-22-27-29-30)16-8-6-14(7-9-16)12-31-26-19(23-28-31)15-4-2-1-3-5-15/h1-11,13H,12H2,(H,24,32)(H,25,33). The third-order valence-corrected chi connectivity index (χ3v) is 5.66. The van der Waals surface area contributed by atoms with Crippen LogP contribution in [0.5, 0.6) is 0 Å². The van der Waals surface area contributed by atoms with Gasteiger partial charge in [-0.3, -0.25) is 20.4 Å². The molecule has 0 saturated carbocycles. The maximum atomic E-state index is 12.5. The van der Waals surface area contributed by atoms with Gasteiger partial charge in [0.05, 0.1) is 12.2 Å². The largest absolute Gasteiger partial charge is 0.281 e. The summed E-state index contributed by atoms with van der Waals surface area (Å²) < 4.78 is 1.37. The highest BCUT2D eigenvalue weighted by Crippen LogP contribution is 2.19. The zero-order valence-corrected chi connectivity index (χ0v) is 18.3. The van der Waals surface area contributed by atoms with E-state index in [2.05, 4.69) is 41.8 Å². The summed E-state index contributed by atoms with van der Waals surface area (Å²) in [6.45, 7) is 0.400. The Bertz CT molecular complexity index is 1410. The summed E-state index contributed by atoms with van der Waals surface area (Å²) in [4.78, 5) is 26.8. The molecule has 0 fully saturated rings. The van der Waals surface area contributed by atoms with Crippen molar-refractivity contribution in [2.45, 2.75) is 6.54 Å². The number of thiophene rings is 1. The summed E-state index contributed by atoms with van der Waals surface area (Å²) in [5.74, 6) is -0.385. The van der Waals surface area contributed by atoms with Crippen molar-refractivity contribution in [2.24, 2.45) is 0 Å². The number of hydrogen-bond donors (Lipinski definition) is 2. The van der Waals surface area contributed by atoms with E-state index in [-0.39, 0.29) is 0 Å². The lowest BCUT2D eigenvalue weighted by molar-refractivity contribution is 0.0849. The molecule has 0 unspecified atom stereocenters. The third-order valence-electron chi connectivity index (χ3n) is 4.76. The van der Waals surface area contributed by atoms with Gasteiger partial charge in [-0.15, -0.1) is 26.6 Å². The normalized spacial score (nSPS) is 10.7. The van der Waals surface area contributed by atoms with E-state index in [1.165, 1.54) is 27.1 Å². The molecule has 5 aromatic rings. The Labute approximate surface area is 196 Å². The van der Waals surface area contributed by atoms with Gasteiger partial charge in [0, 0.05) is 11.1 Å². The van der Waals surface area contributed by atoms with Gasteiger partial charge < -0.3 is 0 Å². The number of hydrogen-bond acceptors (Lipinski definition) is 9. The summed E-state index contributed by atoms with van der Waals surface area (Å²) in [5, 5.41) is 25.2. The Morgan fingerprint density at radius 1 is 0.912 bits per heavy atom. The van der Waals surface area contributed by atoms with E-state index in [0.29, 0.717) is 28.5 Å². The molecule has 3 heterocycles.